The van der Waals surface area contributed by atoms with Gasteiger partial charge in [-0.1, -0.05) is 23.6 Å². The predicted molar refractivity (Wildman–Crippen MR) is 34.7 cm³/mol. The lowest BCUT2D eigenvalue weighted by Gasteiger charge is -1.66. The van der Waals surface area contributed by atoms with Crippen molar-refractivity contribution in [3.05, 3.63) is 0 Å². The van der Waals surface area contributed by atoms with Crippen LogP contribution in [0.2, 0.25) is 0 Å². The summed E-state index contributed by atoms with van der Waals surface area (Å²) in [6.07, 6.45) is 5.68. The molecular weight excluding hydrogens is 104 g/mol. The Labute approximate surface area is 50.1 Å². The molecule has 0 aromatic heterocycles. The average Bonchev–Trinajstić information content (AvgIpc) is 1.81. The predicted octanol–water partition coefficient (Wildman–Crippen LogP) is 1.33. The topological polar surface area (TPSA) is 0 Å². The van der Waals surface area contributed by atoms with E-state index in [9.17, 15) is 0 Å². The zero-order valence-corrected chi connectivity index (χ0v) is 4.72. The van der Waals surface area contributed by atoms with E-state index < -0.39 is 0 Å². The molecule has 0 bridgehead atoms. The molecule has 0 fully saturated rings. The van der Waals surface area contributed by atoms with Crippen LogP contribution in [-0.4, -0.2) is 6.23 Å². The molecule has 0 nitrogen and oxygen atoms in total. The van der Waals surface area contributed by atoms with Gasteiger partial charge in [-0.05, 0) is 11.5 Å². The fraction of sp³-hybridized carbons (Fsp3) is 0.333. The summed E-state index contributed by atoms with van der Waals surface area (Å²) >= 11 is 1.26. The standard InChI is InChI=1S/C6H6S/c1-3-4-5-6-7-2/h1H,4H2,2H3/i2T. The maximum atomic E-state index is 6.65. The van der Waals surface area contributed by atoms with Crippen LogP contribution in [0.5, 0.6) is 0 Å². The van der Waals surface area contributed by atoms with Crippen molar-refractivity contribution in [1.82, 2.24) is 0 Å². The van der Waals surface area contributed by atoms with E-state index in [0.717, 1.165) is 0 Å². The highest BCUT2D eigenvalue weighted by Crippen LogP contribution is 1.83. The minimum atomic E-state index is 0.289. The monoisotopic (exact) mass is 112 g/mol. The highest BCUT2D eigenvalue weighted by molar-refractivity contribution is 8.03. The molecular formula is C6H6S. The molecule has 7 heavy (non-hydrogen) atoms. The van der Waals surface area contributed by atoms with Crippen LogP contribution in [0.4, 0.5) is 0 Å². The Morgan fingerprint density at radius 1 is 2.00 bits per heavy atom. The molecule has 0 atom stereocenters. The second-order valence-electron chi connectivity index (χ2n) is 0.804. The Balaban J connectivity index is 3.11. The molecule has 0 unspecified atom stereocenters. The molecule has 0 saturated heterocycles. The summed E-state index contributed by atoms with van der Waals surface area (Å²) in [6, 6.07) is 0. The summed E-state index contributed by atoms with van der Waals surface area (Å²) in [4.78, 5) is 0. The van der Waals surface area contributed by atoms with Crippen LogP contribution < -0.4 is 0 Å². The Kier molecular flexibility index (Phi) is 3.61. The minimum Gasteiger partial charge on any atom is -0.119 e. The lowest BCUT2D eigenvalue weighted by molar-refractivity contribution is 1.58. The van der Waals surface area contributed by atoms with Gasteiger partial charge in [0.2, 0.25) is 0 Å². The lowest BCUT2D eigenvalue weighted by atomic mass is 10.5. The number of thioether (sulfide) groups is 1. The van der Waals surface area contributed by atoms with E-state index in [1.165, 1.54) is 11.8 Å². The molecule has 0 N–H and O–H groups in total. The average molecular weight is 112 g/mol. The number of terminal acetylenes is 1. The molecule has 0 rings (SSSR count). The second-order valence-corrected chi connectivity index (χ2v) is 1.30. The first-order valence-electron chi connectivity index (χ1n) is 2.45. The fourth-order valence-corrected chi connectivity index (χ4v) is 0.312. The van der Waals surface area contributed by atoms with Crippen LogP contribution in [-0.2, 0) is 0 Å². The second kappa shape index (κ2) is 5.47. The van der Waals surface area contributed by atoms with Gasteiger partial charge < -0.3 is 0 Å². The van der Waals surface area contributed by atoms with Gasteiger partial charge in [0.1, 0.15) is 0 Å². The van der Waals surface area contributed by atoms with Crippen molar-refractivity contribution < 1.29 is 1.37 Å². The molecule has 0 aliphatic rings. The molecule has 36 valence electrons. The van der Waals surface area contributed by atoms with Gasteiger partial charge in [0, 0.05) is 1.37 Å². The van der Waals surface area contributed by atoms with Crippen LogP contribution in [0.3, 0.4) is 0 Å². The van der Waals surface area contributed by atoms with Crippen molar-refractivity contribution in [3.8, 4) is 23.5 Å². The summed E-state index contributed by atoms with van der Waals surface area (Å²) in [5.74, 6) is 5.07. The SMILES string of the molecule is [3H]CSC#CCC#C. The van der Waals surface area contributed by atoms with E-state index in [-0.39, 0.29) is 6.23 Å². The van der Waals surface area contributed by atoms with Gasteiger partial charge >= 0.3 is 0 Å². The maximum Gasteiger partial charge on any atom is 0.0708 e. The summed E-state index contributed by atoms with van der Waals surface area (Å²) in [5.41, 5.74) is 0. The van der Waals surface area contributed by atoms with E-state index in [2.05, 4.69) is 17.1 Å². The fourth-order valence-electron chi connectivity index (χ4n) is 0.138. The van der Waals surface area contributed by atoms with Crippen molar-refractivity contribution in [2.24, 2.45) is 0 Å². The molecule has 0 saturated carbocycles. The molecule has 0 amide bonds. The molecule has 0 radical (unpaired) electrons. The largest absolute Gasteiger partial charge is 0.119 e. The Bertz CT molecular complexity index is 135. The lowest BCUT2D eigenvalue weighted by Crippen LogP contribution is -1.52. The summed E-state index contributed by atoms with van der Waals surface area (Å²) in [7, 11) is 0. The van der Waals surface area contributed by atoms with Gasteiger partial charge in [-0.25, -0.2) is 0 Å². The van der Waals surface area contributed by atoms with Gasteiger partial charge in [0.05, 0.1) is 6.42 Å². The Morgan fingerprint density at radius 3 is 3.43 bits per heavy atom. The minimum absolute atomic E-state index is 0.289. The quantitative estimate of drug-likeness (QED) is 0.426. The zero-order valence-electron chi connectivity index (χ0n) is 4.90. The van der Waals surface area contributed by atoms with E-state index in [1.807, 2.05) is 0 Å². The van der Waals surface area contributed by atoms with Crippen LogP contribution in [0.15, 0.2) is 0 Å². The van der Waals surface area contributed by atoms with Crippen molar-refractivity contribution in [2.75, 3.05) is 6.23 Å². The van der Waals surface area contributed by atoms with E-state index in [0.29, 0.717) is 6.42 Å². The summed E-state index contributed by atoms with van der Waals surface area (Å²) in [6.45, 7) is 0. The van der Waals surface area contributed by atoms with Crippen molar-refractivity contribution in [3.63, 3.8) is 0 Å². The van der Waals surface area contributed by atoms with E-state index in [4.69, 9.17) is 7.79 Å². The first kappa shape index (κ1) is 4.62. The number of rotatable bonds is 0. The van der Waals surface area contributed by atoms with Gasteiger partial charge in [-0.2, -0.15) is 0 Å². The van der Waals surface area contributed by atoms with Crippen LogP contribution in [0.25, 0.3) is 0 Å². The van der Waals surface area contributed by atoms with Crippen molar-refractivity contribution in [2.45, 2.75) is 6.42 Å². The van der Waals surface area contributed by atoms with E-state index in [1.54, 1.807) is 0 Å². The molecule has 0 heterocycles. The smallest absolute Gasteiger partial charge is 0.0708 e. The van der Waals surface area contributed by atoms with Gasteiger partial charge in [0.25, 0.3) is 0 Å². The van der Waals surface area contributed by atoms with Crippen molar-refractivity contribution >= 4 is 11.8 Å². The van der Waals surface area contributed by atoms with Gasteiger partial charge in [0.15, 0.2) is 0 Å². The molecule has 0 spiro atoms. The first-order chi connectivity index (χ1) is 3.91. The highest BCUT2D eigenvalue weighted by atomic mass is 32.2. The third-order valence-corrected chi connectivity index (χ3v) is 0.623. The van der Waals surface area contributed by atoms with Crippen molar-refractivity contribution in [1.29, 1.82) is 0 Å². The van der Waals surface area contributed by atoms with Gasteiger partial charge in [-0.3, -0.25) is 0 Å². The zero-order chi connectivity index (χ0) is 6.24. The highest BCUT2D eigenvalue weighted by Gasteiger charge is 1.60. The van der Waals surface area contributed by atoms with Gasteiger partial charge in [-0.15, -0.1) is 6.42 Å². The van der Waals surface area contributed by atoms with Crippen LogP contribution >= 0.6 is 11.8 Å². The normalized spacial score (nSPS) is 7.57. The third kappa shape index (κ3) is 5.47. The molecule has 1 heteroatoms. The first-order valence-corrected chi connectivity index (χ1v) is 2.72. The van der Waals surface area contributed by atoms with E-state index >= 15 is 0 Å². The summed E-state index contributed by atoms with van der Waals surface area (Å²) in [5, 5.41) is 2.67. The molecule has 0 aliphatic carbocycles. The molecule has 0 aromatic carbocycles. The molecule has 0 aliphatic heterocycles. The maximum absolute atomic E-state index is 6.65. The Hall–Kier alpha value is -0.530. The number of hydrogen-bond donors (Lipinski definition) is 0. The number of hydrogen-bond acceptors (Lipinski definition) is 1. The third-order valence-electron chi connectivity index (χ3n) is 0.335. The summed E-state index contributed by atoms with van der Waals surface area (Å²) < 4.78 is 6.65. The van der Waals surface area contributed by atoms with Crippen LogP contribution in [0.1, 0.15) is 7.79 Å². The molecule has 0 aromatic rings. The Morgan fingerprint density at radius 2 is 2.86 bits per heavy atom. The van der Waals surface area contributed by atoms with Crippen LogP contribution in [0, 0.1) is 23.5 Å².